The molecule has 2 atom stereocenters. The zero-order valence-corrected chi connectivity index (χ0v) is 11.9. The molecule has 4 nitrogen and oxygen atoms in total. The van der Waals surface area contributed by atoms with E-state index < -0.39 is 0 Å². The predicted octanol–water partition coefficient (Wildman–Crippen LogP) is 0.822. The maximum Gasteiger partial charge on any atom is 0.323 e. The van der Waals surface area contributed by atoms with E-state index in [4.69, 9.17) is 4.74 Å². The lowest BCUT2D eigenvalue weighted by atomic mass is 9.99. The fraction of sp³-hybridized carbons (Fsp3) is 0.917. The molecule has 1 aliphatic rings. The Balaban J connectivity index is 2.43. The normalized spacial score (nSPS) is 21.8. The molecule has 1 N–H and O–H groups in total. The van der Waals surface area contributed by atoms with Crippen LogP contribution in [0.3, 0.4) is 0 Å². The largest absolute Gasteiger partial charge is 0.465 e. The Morgan fingerprint density at radius 1 is 1.59 bits per heavy atom. The van der Waals surface area contributed by atoms with Gasteiger partial charge in [-0.1, -0.05) is 0 Å². The highest BCUT2D eigenvalue weighted by Crippen LogP contribution is 2.26. The van der Waals surface area contributed by atoms with Crippen molar-refractivity contribution < 1.29 is 9.53 Å². The predicted molar refractivity (Wildman–Crippen MR) is 72.4 cm³/mol. The number of nitrogens with zero attached hydrogens (tertiary/aromatic N) is 1. The molecule has 1 fully saturated rings. The molecule has 17 heavy (non-hydrogen) atoms. The van der Waals surface area contributed by atoms with Crippen molar-refractivity contribution in [3.05, 3.63) is 0 Å². The quantitative estimate of drug-likeness (QED) is 0.687. The first-order valence-electron chi connectivity index (χ1n) is 6.27. The number of likely N-dealkylation sites (N-methyl/N-ethyl adjacent to an activating group) is 1. The molecular weight excluding hydrogens is 236 g/mol. The van der Waals surface area contributed by atoms with Crippen LogP contribution < -0.4 is 5.32 Å². The van der Waals surface area contributed by atoms with E-state index in [1.807, 2.05) is 32.8 Å². The van der Waals surface area contributed by atoms with Gasteiger partial charge in [0.1, 0.15) is 6.04 Å². The number of nitrogens with one attached hydrogen (secondary N) is 1. The fourth-order valence-electron chi connectivity index (χ4n) is 1.93. The number of thioether (sulfide) groups is 1. The Morgan fingerprint density at radius 2 is 2.35 bits per heavy atom. The van der Waals surface area contributed by atoms with Crippen LogP contribution in [0.15, 0.2) is 0 Å². The van der Waals surface area contributed by atoms with Crippen LogP contribution in [0.5, 0.6) is 0 Å². The van der Waals surface area contributed by atoms with Crippen molar-refractivity contribution in [3.63, 3.8) is 0 Å². The van der Waals surface area contributed by atoms with Gasteiger partial charge in [0, 0.05) is 13.1 Å². The smallest absolute Gasteiger partial charge is 0.323 e. The van der Waals surface area contributed by atoms with E-state index in [1.54, 1.807) is 0 Å². The summed E-state index contributed by atoms with van der Waals surface area (Å²) in [6.45, 7) is 4.09. The molecule has 0 bridgehead atoms. The van der Waals surface area contributed by atoms with E-state index in [2.05, 4.69) is 10.2 Å². The van der Waals surface area contributed by atoms with Gasteiger partial charge in [-0.3, -0.25) is 4.79 Å². The SMILES string of the molecule is CCOC(=O)C(NCCN(C)C)C1CCSC1. The van der Waals surface area contributed by atoms with Crippen LogP contribution in [0, 0.1) is 5.92 Å². The van der Waals surface area contributed by atoms with Crippen LogP contribution in [0.1, 0.15) is 13.3 Å². The summed E-state index contributed by atoms with van der Waals surface area (Å²) >= 11 is 1.93. The van der Waals surface area contributed by atoms with E-state index in [-0.39, 0.29) is 12.0 Å². The van der Waals surface area contributed by atoms with Crippen molar-refractivity contribution in [2.45, 2.75) is 19.4 Å². The van der Waals surface area contributed by atoms with Crippen molar-refractivity contribution in [2.75, 3.05) is 45.3 Å². The third kappa shape index (κ3) is 5.27. The van der Waals surface area contributed by atoms with E-state index >= 15 is 0 Å². The lowest BCUT2D eigenvalue weighted by Crippen LogP contribution is -2.46. The zero-order chi connectivity index (χ0) is 12.7. The third-order valence-corrected chi connectivity index (χ3v) is 4.09. The number of rotatable bonds is 7. The summed E-state index contributed by atoms with van der Waals surface area (Å²) in [5, 5.41) is 3.35. The summed E-state index contributed by atoms with van der Waals surface area (Å²) in [5.41, 5.74) is 0. The molecule has 100 valence electrons. The fourth-order valence-corrected chi connectivity index (χ4v) is 3.23. The standard InChI is InChI=1S/C12H24N2O2S/c1-4-16-12(15)11(10-5-8-17-9-10)13-6-7-14(2)3/h10-11,13H,4-9H2,1-3H3. The van der Waals surface area contributed by atoms with Crippen LogP contribution in [0.25, 0.3) is 0 Å². The van der Waals surface area contributed by atoms with Gasteiger partial charge < -0.3 is 15.0 Å². The zero-order valence-electron chi connectivity index (χ0n) is 11.1. The summed E-state index contributed by atoms with van der Waals surface area (Å²) in [6, 6.07) is -0.120. The molecule has 1 rings (SSSR count). The van der Waals surface area contributed by atoms with Crippen LogP contribution in [0.4, 0.5) is 0 Å². The first-order chi connectivity index (χ1) is 8.15. The number of ether oxygens (including phenoxy) is 1. The van der Waals surface area contributed by atoms with E-state index in [9.17, 15) is 4.79 Å². The number of carbonyl (C=O) groups is 1. The minimum Gasteiger partial charge on any atom is -0.465 e. The lowest BCUT2D eigenvalue weighted by molar-refractivity contribution is -0.147. The van der Waals surface area contributed by atoms with Gasteiger partial charge in [0.25, 0.3) is 0 Å². The molecule has 0 spiro atoms. The molecular formula is C12H24N2O2S. The van der Waals surface area contributed by atoms with Crippen molar-refractivity contribution in [3.8, 4) is 0 Å². The topological polar surface area (TPSA) is 41.6 Å². The van der Waals surface area contributed by atoms with Gasteiger partial charge in [-0.05, 0) is 44.9 Å². The van der Waals surface area contributed by atoms with Crippen LogP contribution >= 0.6 is 11.8 Å². The first kappa shape index (κ1) is 14.8. The van der Waals surface area contributed by atoms with Crippen LogP contribution in [-0.4, -0.2) is 62.2 Å². The molecule has 0 aromatic heterocycles. The second-order valence-electron chi connectivity index (χ2n) is 4.61. The van der Waals surface area contributed by atoms with Gasteiger partial charge in [-0.2, -0.15) is 11.8 Å². The van der Waals surface area contributed by atoms with Gasteiger partial charge in [-0.15, -0.1) is 0 Å². The lowest BCUT2D eigenvalue weighted by Gasteiger charge is -2.23. The van der Waals surface area contributed by atoms with E-state index in [1.165, 1.54) is 0 Å². The van der Waals surface area contributed by atoms with E-state index in [0.717, 1.165) is 31.0 Å². The summed E-state index contributed by atoms with van der Waals surface area (Å²) in [4.78, 5) is 14.0. The van der Waals surface area contributed by atoms with Crippen molar-refractivity contribution in [1.29, 1.82) is 0 Å². The molecule has 0 aliphatic carbocycles. The molecule has 1 saturated heterocycles. The summed E-state index contributed by atoms with van der Waals surface area (Å²) in [7, 11) is 4.07. The molecule has 0 radical (unpaired) electrons. The average Bonchev–Trinajstić information content (AvgIpc) is 2.77. The van der Waals surface area contributed by atoms with Gasteiger partial charge in [0.2, 0.25) is 0 Å². The van der Waals surface area contributed by atoms with Crippen molar-refractivity contribution in [2.24, 2.45) is 5.92 Å². The molecule has 5 heteroatoms. The molecule has 0 aromatic carbocycles. The van der Waals surface area contributed by atoms with Gasteiger partial charge in [0.15, 0.2) is 0 Å². The highest BCUT2D eigenvalue weighted by atomic mass is 32.2. The minimum atomic E-state index is -0.120. The Hall–Kier alpha value is -0.260. The summed E-state index contributed by atoms with van der Waals surface area (Å²) in [6.07, 6.45) is 1.11. The monoisotopic (exact) mass is 260 g/mol. The average molecular weight is 260 g/mol. The Bertz CT molecular complexity index is 231. The molecule has 0 aromatic rings. The Kier molecular flexibility index (Phi) is 6.92. The third-order valence-electron chi connectivity index (χ3n) is 2.90. The maximum atomic E-state index is 11.9. The second-order valence-corrected chi connectivity index (χ2v) is 5.76. The van der Waals surface area contributed by atoms with Crippen molar-refractivity contribution >= 4 is 17.7 Å². The van der Waals surface area contributed by atoms with Crippen molar-refractivity contribution in [1.82, 2.24) is 10.2 Å². The minimum absolute atomic E-state index is 0.0845. The Labute approximate surface area is 108 Å². The van der Waals surface area contributed by atoms with Gasteiger partial charge in [0.05, 0.1) is 6.61 Å². The van der Waals surface area contributed by atoms with Gasteiger partial charge in [-0.25, -0.2) is 0 Å². The number of esters is 1. The highest BCUT2D eigenvalue weighted by Gasteiger charge is 2.31. The molecule has 0 amide bonds. The Morgan fingerprint density at radius 3 is 2.88 bits per heavy atom. The van der Waals surface area contributed by atoms with Gasteiger partial charge >= 0.3 is 5.97 Å². The summed E-state index contributed by atoms with van der Waals surface area (Å²) < 4.78 is 5.15. The highest BCUT2D eigenvalue weighted by molar-refractivity contribution is 7.99. The van der Waals surface area contributed by atoms with E-state index in [0.29, 0.717) is 12.5 Å². The molecule has 1 heterocycles. The number of hydrogen-bond donors (Lipinski definition) is 1. The molecule has 1 aliphatic heterocycles. The van der Waals surface area contributed by atoms with Crippen LogP contribution in [0.2, 0.25) is 0 Å². The first-order valence-corrected chi connectivity index (χ1v) is 7.43. The second kappa shape index (κ2) is 7.95. The number of hydrogen-bond acceptors (Lipinski definition) is 5. The summed E-state index contributed by atoms with van der Waals surface area (Å²) in [5.74, 6) is 2.58. The van der Waals surface area contributed by atoms with Crippen LogP contribution in [-0.2, 0) is 9.53 Å². The molecule has 0 saturated carbocycles. The number of carbonyl (C=O) groups excluding carboxylic acids is 1. The molecule has 2 unspecified atom stereocenters. The maximum absolute atomic E-state index is 11.9.